The van der Waals surface area contributed by atoms with Crippen LogP contribution in [0.25, 0.3) is 5.57 Å². The van der Waals surface area contributed by atoms with Crippen molar-refractivity contribution in [3.05, 3.63) is 83.4 Å². The van der Waals surface area contributed by atoms with Gasteiger partial charge in [-0.25, -0.2) is 8.42 Å². The quantitative estimate of drug-likeness (QED) is 0.538. The molecule has 1 fully saturated rings. The van der Waals surface area contributed by atoms with Gasteiger partial charge in [-0.1, -0.05) is 73.5 Å². The first-order valence-electron chi connectivity index (χ1n) is 11.0. The van der Waals surface area contributed by atoms with Gasteiger partial charge in [0.25, 0.3) is 0 Å². The first-order chi connectivity index (χ1) is 14.5. The molecule has 0 radical (unpaired) electrons. The highest BCUT2D eigenvalue weighted by atomic mass is 32.2. The third-order valence-corrected chi connectivity index (χ3v) is 8.29. The first kappa shape index (κ1) is 21.1. The summed E-state index contributed by atoms with van der Waals surface area (Å²) in [5.41, 5.74) is 4.92. The fourth-order valence-electron chi connectivity index (χ4n) is 4.77. The van der Waals surface area contributed by atoms with Crippen LogP contribution in [0.4, 0.5) is 0 Å². The molecule has 158 valence electrons. The second-order valence-corrected chi connectivity index (χ2v) is 10.3. The fraction of sp³-hybridized carbons (Fsp3) is 0.385. The van der Waals surface area contributed by atoms with E-state index in [2.05, 4.69) is 43.3 Å². The molecule has 2 aromatic rings. The topological polar surface area (TPSA) is 37.4 Å². The van der Waals surface area contributed by atoms with E-state index in [1.165, 1.54) is 16.7 Å². The normalized spacial score (nSPS) is 23.4. The second-order valence-electron chi connectivity index (χ2n) is 8.44. The Kier molecular flexibility index (Phi) is 6.26. The number of nitrogens with zero attached hydrogens (tertiary/aromatic N) is 1. The third-order valence-electron chi connectivity index (χ3n) is 6.40. The van der Waals surface area contributed by atoms with Crippen molar-refractivity contribution in [3.63, 3.8) is 0 Å². The van der Waals surface area contributed by atoms with Crippen LogP contribution in [0.2, 0.25) is 0 Å². The van der Waals surface area contributed by atoms with E-state index in [9.17, 15) is 8.42 Å². The molecule has 4 heteroatoms. The minimum atomic E-state index is -3.53. The van der Waals surface area contributed by atoms with Gasteiger partial charge in [-0.3, -0.25) is 0 Å². The molecular formula is C26H31NO2S. The summed E-state index contributed by atoms with van der Waals surface area (Å²) in [6.45, 7) is 4.68. The molecule has 0 spiro atoms. The maximum absolute atomic E-state index is 13.6. The van der Waals surface area contributed by atoms with Gasteiger partial charge in [-0.05, 0) is 61.4 Å². The number of fused-ring (bicyclic) bond motifs is 1. The SMILES string of the molecule is CCCC/C(=C1\CN(S(=O)(=O)c2ccc(C)cc2)[C@H]2CCC=C[C@@H]12)c1ccccc1. The zero-order chi connectivity index (χ0) is 21.1. The van der Waals surface area contributed by atoms with Gasteiger partial charge in [0, 0.05) is 18.5 Å². The zero-order valence-corrected chi connectivity index (χ0v) is 18.7. The molecule has 0 N–H and O–H groups in total. The minimum absolute atomic E-state index is 0.0108. The van der Waals surface area contributed by atoms with E-state index >= 15 is 0 Å². The van der Waals surface area contributed by atoms with Gasteiger partial charge in [0.2, 0.25) is 10.0 Å². The van der Waals surface area contributed by atoms with Crippen LogP contribution in [-0.2, 0) is 10.0 Å². The van der Waals surface area contributed by atoms with Crippen LogP contribution in [-0.4, -0.2) is 25.3 Å². The van der Waals surface area contributed by atoms with Crippen molar-refractivity contribution in [1.29, 1.82) is 0 Å². The minimum Gasteiger partial charge on any atom is -0.207 e. The van der Waals surface area contributed by atoms with Gasteiger partial charge >= 0.3 is 0 Å². The van der Waals surface area contributed by atoms with Crippen LogP contribution in [0, 0.1) is 12.8 Å². The summed E-state index contributed by atoms with van der Waals surface area (Å²) in [6, 6.07) is 17.8. The number of rotatable bonds is 6. The van der Waals surface area contributed by atoms with Crippen molar-refractivity contribution in [2.75, 3.05) is 6.54 Å². The predicted octanol–water partition coefficient (Wildman–Crippen LogP) is 5.98. The summed E-state index contributed by atoms with van der Waals surface area (Å²) in [7, 11) is -3.53. The van der Waals surface area contributed by atoms with Crippen molar-refractivity contribution in [2.45, 2.75) is 56.9 Å². The highest BCUT2D eigenvalue weighted by molar-refractivity contribution is 7.89. The van der Waals surface area contributed by atoms with Crippen molar-refractivity contribution >= 4 is 15.6 Å². The lowest BCUT2D eigenvalue weighted by atomic mass is 9.83. The Morgan fingerprint density at radius 2 is 1.80 bits per heavy atom. The Hall–Kier alpha value is -2.17. The first-order valence-corrected chi connectivity index (χ1v) is 12.5. The lowest BCUT2D eigenvalue weighted by Crippen LogP contribution is -2.38. The number of hydrogen-bond acceptors (Lipinski definition) is 2. The molecule has 0 saturated carbocycles. The molecule has 0 bridgehead atoms. The molecule has 4 rings (SSSR count). The Balaban J connectivity index is 1.80. The van der Waals surface area contributed by atoms with Gasteiger partial charge in [0.1, 0.15) is 0 Å². The average Bonchev–Trinajstić information content (AvgIpc) is 3.16. The summed E-state index contributed by atoms with van der Waals surface area (Å²) in [4.78, 5) is 0.400. The maximum atomic E-state index is 13.6. The largest absolute Gasteiger partial charge is 0.243 e. The van der Waals surface area contributed by atoms with Crippen LogP contribution in [0.15, 0.2) is 77.2 Å². The van der Waals surface area contributed by atoms with Gasteiger partial charge in [-0.2, -0.15) is 4.31 Å². The number of benzene rings is 2. The van der Waals surface area contributed by atoms with Gasteiger partial charge in [-0.15, -0.1) is 0 Å². The molecule has 2 aromatic carbocycles. The summed E-state index contributed by atoms with van der Waals surface area (Å²) < 4.78 is 29.0. The van der Waals surface area contributed by atoms with E-state index in [-0.39, 0.29) is 12.0 Å². The van der Waals surface area contributed by atoms with Crippen LogP contribution >= 0.6 is 0 Å². The van der Waals surface area contributed by atoms with E-state index in [1.54, 1.807) is 16.4 Å². The fourth-order valence-corrected chi connectivity index (χ4v) is 6.42. The molecule has 1 heterocycles. The molecule has 0 aromatic heterocycles. The molecule has 0 amide bonds. The summed E-state index contributed by atoms with van der Waals surface area (Å²) >= 11 is 0. The highest BCUT2D eigenvalue weighted by Crippen LogP contribution is 2.43. The van der Waals surface area contributed by atoms with Gasteiger partial charge < -0.3 is 0 Å². The van der Waals surface area contributed by atoms with Crippen LogP contribution in [0.1, 0.15) is 50.2 Å². The summed E-state index contributed by atoms with van der Waals surface area (Å²) in [5.74, 6) is 0.172. The van der Waals surface area contributed by atoms with Crippen molar-refractivity contribution in [1.82, 2.24) is 4.31 Å². The van der Waals surface area contributed by atoms with E-state index in [1.807, 2.05) is 25.1 Å². The van der Waals surface area contributed by atoms with Crippen molar-refractivity contribution < 1.29 is 8.42 Å². The number of unbranched alkanes of at least 4 members (excludes halogenated alkanes) is 1. The van der Waals surface area contributed by atoms with E-state index in [0.717, 1.165) is 37.7 Å². The molecule has 1 aliphatic heterocycles. The zero-order valence-electron chi connectivity index (χ0n) is 17.9. The Labute approximate surface area is 181 Å². The smallest absolute Gasteiger partial charge is 0.207 e. The molecule has 1 saturated heterocycles. The third kappa shape index (κ3) is 4.03. The highest BCUT2D eigenvalue weighted by Gasteiger charge is 2.44. The molecule has 2 atom stereocenters. The monoisotopic (exact) mass is 421 g/mol. The predicted molar refractivity (Wildman–Crippen MR) is 124 cm³/mol. The van der Waals surface area contributed by atoms with Crippen molar-refractivity contribution in [2.24, 2.45) is 5.92 Å². The number of allylic oxidation sites excluding steroid dienone is 2. The van der Waals surface area contributed by atoms with Crippen LogP contribution in [0.5, 0.6) is 0 Å². The van der Waals surface area contributed by atoms with E-state index in [0.29, 0.717) is 11.4 Å². The Morgan fingerprint density at radius 3 is 2.50 bits per heavy atom. The summed E-state index contributed by atoms with van der Waals surface area (Å²) in [5, 5.41) is 0. The average molecular weight is 422 g/mol. The lowest BCUT2D eigenvalue weighted by molar-refractivity contribution is 0.338. The lowest BCUT2D eigenvalue weighted by Gasteiger charge is -2.28. The number of aryl methyl sites for hydroxylation is 1. The second kappa shape index (κ2) is 8.91. The van der Waals surface area contributed by atoms with Crippen LogP contribution < -0.4 is 0 Å². The van der Waals surface area contributed by atoms with E-state index < -0.39 is 10.0 Å². The standard InChI is InChI=1S/C26H31NO2S/c1-3-4-12-23(21-10-6-5-7-11-21)25-19-27(26-14-9-8-13-24(25)26)30(28,29)22-17-15-20(2)16-18-22/h5-8,10-11,13,15-18,24,26H,3-4,9,12,14,19H2,1-2H3/b25-23-/t24-,26-/m0/s1. The maximum Gasteiger partial charge on any atom is 0.243 e. The van der Waals surface area contributed by atoms with Crippen LogP contribution in [0.3, 0.4) is 0 Å². The Bertz CT molecular complexity index is 1040. The van der Waals surface area contributed by atoms with Gasteiger partial charge in [0.05, 0.1) is 4.90 Å². The number of sulfonamides is 1. The van der Waals surface area contributed by atoms with E-state index in [4.69, 9.17) is 0 Å². The van der Waals surface area contributed by atoms with Crippen molar-refractivity contribution in [3.8, 4) is 0 Å². The number of hydrogen-bond donors (Lipinski definition) is 0. The molecular weight excluding hydrogens is 390 g/mol. The molecule has 3 nitrogen and oxygen atoms in total. The molecule has 2 aliphatic rings. The molecule has 1 aliphatic carbocycles. The van der Waals surface area contributed by atoms with Gasteiger partial charge in [0.15, 0.2) is 0 Å². The molecule has 30 heavy (non-hydrogen) atoms. The molecule has 0 unspecified atom stereocenters. The summed E-state index contributed by atoms with van der Waals surface area (Å²) in [6.07, 6.45) is 9.52. The Morgan fingerprint density at radius 1 is 1.07 bits per heavy atom.